The van der Waals surface area contributed by atoms with E-state index in [0.717, 1.165) is 12.1 Å². The van der Waals surface area contributed by atoms with Crippen molar-refractivity contribution in [1.82, 2.24) is 0 Å². The Hall–Kier alpha value is -1.64. The molecule has 0 aromatic heterocycles. The molecule has 2 aromatic carbocycles. The number of rotatable bonds is 5. The van der Waals surface area contributed by atoms with Crippen LogP contribution >= 0.6 is 15.9 Å². The van der Waals surface area contributed by atoms with Crippen molar-refractivity contribution in [3.63, 3.8) is 0 Å². The fourth-order valence-electron chi connectivity index (χ4n) is 2.86. The average Bonchev–Trinajstić information content (AvgIpc) is 2.57. The normalized spacial score (nSPS) is 13.1. The second-order valence-corrected chi connectivity index (χ2v) is 7.09. The summed E-state index contributed by atoms with van der Waals surface area (Å²) in [6, 6.07) is 6.14. The molecule has 0 N–H and O–H groups in total. The number of halogens is 9. The highest BCUT2D eigenvalue weighted by Crippen LogP contribution is 2.56. The molecule has 0 saturated heterocycles. The molecule has 0 fully saturated rings. The van der Waals surface area contributed by atoms with Gasteiger partial charge in [0.25, 0.3) is 0 Å². The summed E-state index contributed by atoms with van der Waals surface area (Å²) < 4.78 is 109. The van der Waals surface area contributed by atoms with Gasteiger partial charge in [0.05, 0.1) is 0 Å². The maximum atomic E-state index is 14.9. The standard InChI is InChI=1S/C19H15BrF8/c1-2-3-6-11-9-13(17(22,18(23,24)25)19(26,27)28)16(14(20)10-11)12-7-4-5-8-15(12)21/h4-5,7-10H,2-3,6H2,1H3. The monoisotopic (exact) mass is 474 g/mol. The molecule has 0 heterocycles. The number of benzene rings is 2. The lowest BCUT2D eigenvalue weighted by atomic mass is 9.85. The Morgan fingerprint density at radius 2 is 1.46 bits per heavy atom. The van der Waals surface area contributed by atoms with Gasteiger partial charge in [0.15, 0.2) is 0 Å². The zero-order valence-electron chi connectivity index (χ0n) is 14.5. The Bertz CT molecular complexity index is 825. The molecule has 154 valence electrons. The SMILES string of the molecule is CCCCc1cc(Br)c(-c2ccccc2F)c(C(F)(C(F)(F)F)C(F)(F)F)c1. The lowest BCUT2D eigenvalue weighted by Gasteiger charge is -2.32. The molecule has 0 amide bonds. The smallest absolute Gasteiger partial charge is 0.218 e. The lowest BCUT2D eigenvalue weighted by Crippen LogP contribution is -2.50. The van der Waals surface area contributed by atoms with Gasteiger partial charge in [-0.25, -0.2) is 8.78 Å². The van der Waals surface area contributed by atoms with E-state index in [1.807, 2.05) is 0 Å². The molecule has 0 aliphatic heterocycles. The van der Waals surface area contributed by atoms with E-state index in [9.17, 15) is 35.1 Å². The Morgan fingerprint density at radius 1 is 0.893 bits per heavy atom. The Kier molecular flexibility index (Phi) is 6.47. The second-order valence-electron chi connectivity index (χ2n) is 6.24. The molecule has 0 aliphatic carbocycles. The van der Waals surface area contributed by atoms with Gasteiger partial charge in [-0.3, -0.25) is 0 Å². The molecule has 2 rings (SSSR count). The number of aryl methyl sites for hydroxylation is 1. The third-order valence-electron chi connectivity index (χ3n) is 4.26. The van der Waals surface area contributed by atoms with Gasteiger partial charge in [0, 0.05) is 21.2 Å². The minimum absolute atomic E-state index is 0.0827. The molecule has 0 saturated carbocycles. The van der Waals surface area contributed by atoms with Crippen LogP contribution in [-0.4, -0.2) is 12.4 Å². The van der Waals surface area contributed by atoms with Crippen LogP contribution in [-0.2, 0) is 12.1 Å². The number of unbranched alkanes of at least 4 members (excludes halogenated alkanes) is 1. The Labute approximate surface area is 164 Å². The first-order valence-corrected chi connectivity index (χ1v) is 9.04. The number of hydrogen-bond acceptors (Lipinski definition) is 0. The molecule has 0 aliphatic rings. The highest BCUT2D eigenvalue weighted by atomic mass is 79.9. The Balaban J connectivity index is 2.93. The first kappa shape index (κ1) is 22.6. The first-order chi connectivity index (χ1) is 12.8. The molecule has 0 atom stereocenters. The van der Waals surface area contributed by atoms with Crippen LogP contribution in [0.4, 0.5) is 35.1 Å². The van der Waals surface area contributed by atoms with Crippen molar-refractivity contribution in [3.05, 3.63) is 57.8 Å². The quantitative estimate of drug-likeness (QED) is 0.386. The summed E-state index contributed by atoms with van der Waals surface area (Å²) in [4.78, 5) is 0. The highest BCUT2D eigenvalue weighted by molar-refractivity contribution is 9.10. The summed E-state index contributed by atoms with van der Waals surface area (Å²) in [5, 5.41) is 0. The lowest BCUT2D eigenvalue weighted by molar-refractivity contribution is -0.348. The fraction of sp³-hybridized carbons (Fsp3) is 0.368. The molecule has 0 spiro atoms. The third-order valence-corrected chi connectivity index (χ3v) is 4.89. The second kappa shape index (κ2) is 8.00. The molecule has 28 heavy (non-hydrogen) atoms. The van der Waals surface area contributed by atoms with Crippen molar-refractivity contribution in [1.29, 1.82) is 0 Å². The van der Waals surface area contributed by atoms with Crippen molar-refractivity contribution in [2.45, 2.75) is 44.2 Å². The van der Waals surface area contributed by atoms with Crippen molar-refractivity contribution in [3.8, 4) is 11.1 Å². The van der Waals surface area contributed by atoms with Crippen LogP contribution in [0.15, 0.2) is 40.9 Å². The van der Waals surface area contributed by atoms with Crippen molar-refractivity contribution in [2.24, 2.45) is 0 Å². The molecule has 0 nitrogen and oxygen atoms in total. The van der Waals surface area contributed by atoms with E-state index in [1.54, 1.807) is 6.92 Å². The first-order valence-electron chi connectivity index (χ1n) is 8.24. The van der Waals surface area contributed by atoms with Crippen molar-refractivity contribution < 1.29 is 35.1 Å². The largest absolute Gasteiger partial charge is 0.435 e. The van der Waals surface area contributed by atoms with Gasteiger partial charge in [-0.2, -0.15) is 26.3 Å². The summed E-state index contributed by atoms with van der Waals surface area (Å²) >= 11 is 2.92. The third kappa shape index (κ3) is 4.04. The van der Waals surface area contributed by atoms with E-state index in [-0.39, 0.29) is 16.5 Å². The van der Waals surface area contributed by atoms with Crippen LogP contribution in [0.25, 0.3) is 11.1 Å². The predicted molar refractivity (Wildman–Crippen MR) is 93.0 cm³/mol. The van der Waals surface area contributed by atoms with Gasteiger partial charge in [0.2, 0.25) is 0 Å². The molecule has 0 unspecified atom stereocenters. The molecular weight excluding hydrogens is 460 g/mol. The van der Waals surface area contributed by atoms with Crippen molar-refractivity contribution >= 4 is 15.9 Å². The van der Waals surface area contributed by atoms with Crippen LogP contribution < -0.4 is 0 Å². The minimum Gasteiger partial charge on any atom is -0.218 e. The topological polar surface area (TPSA) is 0 Å². The van der Waals surface area contributed by atoms with E-state index in [4.69, 9.17) is 0 Å². The summed E-state index contributed by atoms with van der Waals surface area (Å²) in [5.41, 5.74) is -8.66. The average molecular weight is 475 g/mol. The van der Waals surface area contributed by atoms with Crippen molar-refractivity contribution in [2.75, 3.05) is 0 Å². The highest BCUT2D eigenvalue weighted by Gasteiger charge is 2.74. The fourth-order valence-corrected chi connectivity index (χ4v) is 3.58. The Morgan fingerprint density at radius 3 is 1.96 bits per heavy atom. The summed E-state index contributed by atoms with van der Waals surface area (Å²) in [6.45, 7) is 1.79. The van der Waals surface area contributed by atoms with E-state index in [0.29, 0.717) is 18.9 Å². The molecule has 2 aromatic rings. The summed E-state index contributed by atoms with van der Waals surface area (Å²) in [7, 11) is 0. The van der Waals surface area contributed by atoms with Crippen LogP contribution in [0.3, 0.4) is 0 Å². The van der Waals surface area contributed by atoms with Gasteiger partial charge in [-0.05, 0) is 30.5 Å². The van der Waals surface area contributed by atoms with E-state index < -0.39 is 40.5 Å². The molecule has 9 heteroatoms. The van der Waals surface area contributed by atoms with Gasteiger partial charge >= 0.3 is 18.0 Å². The van der Waals surface area contributed by atoms with E-state index in [2.05, 4.69) is 15.9 Å². The maximum Gasteiger partial charge on any atom is 0.435 e. The molecule has 0 bridgehead atoms. The molecule has 0 radical (unpaired) electrons. The van der Waals surface area contributed by atoms with Gasteiger partial charge in [0.1, 0.15) is 5.82 Å². The van der Waals surface area contributed by atoms with Crippen LogP contribution in [0, 0.1) is 5.82 Å². The van der Waals surface area contributed by atoms with Gasteiger partial charge in [-0.15, -0.1) is 0 Å². The van der Waals surface area contributed by atoms with E-state index >= 15 is 0 Å². The maximum absolute atomic E-state index is 14.9. The van der Waals surface area contributed by atoms with Gasteiger partial charge < -0.3 is 0 Å². The van der Waals surface area contributed by atoms with Gasteiger partial charge in [-0.1, -0.05) is 53.5 Å². The molecular formula is C19H15BrF8. The van der Waals surface area contributed by atoms with Crippen LogP contribution in [0.5, 0.6) is 0 Å². The van der Waals surface area contributed by atoms with Crippen LogP contribution in [0.2, 0.25) is 0 Å². The van der Waals surface area contributed by atoms with Crippen LogP contribution in [0.1, 0.15) is 30.9 Å². The zero-order chi connectivity index (χ0) is 21.3. The minimum atomic E-state index is -6.30. The zero-order valence-corrected chi connectivity index (χ0v) is 16.1. The number of hydrogen-bond donors (Lipinski definition) is 0. The summed E-state index contributed by atoms with van der Waals surface area (Å²) in [6.07, 6.45) is -11.4. The van der Waals surface area contributed by atoms with E-state index in [1.165, 1.54) is 18.2 Å². The summed E-state index contributed by atoms with van der Waals surface area (Å²) in [5.74, 6) is -1.07. The number of alkyl halides is 7. The predicted octanol–water partition coefficient (Wildman–Crippen LogP) is 7.89.